The molecule has 1 atom stereocenters. The van der Waals surface area contributed by atoms with Crippen molar-refractivity contribution in [2.45, 2.75) is 51.4 Å². The molecule has 0 bridgehead atoms. The van der Waals surface area contributed by atoms with Gasteiger partial charge in [0.15, 0.2) is 0 Å². The van der Waals surface area contributed by atoms with Crippen molar-refractivity contribution in [3.05, 3.63) is 30.3 Å². The van der Waals surface area contributed by atoms with Gasteiger partial charge in [-0.2, -0.15) is 0 Å². The van der Waals surface area contributed by atoms with Gasteiger partial charge in [-0.05, 0) is 25.8 Å². The highest BCUT2D eigenvalue weighted by Crippen LogP contribution is 2.29. The summed E-state index contributed by atoms with van der Waals surface area (Å²) in [6, 6.07) is 10.7. The van der Waals surface area contributed by atoms with Gasteiger partial charge in [-0.1, -0.05) is 55.5 Å². The maximum atomic E-state index is 9.92. The Hall–Kier alpha value is -0.603. The van der Waals surface area contributed by atoms with Crippen molar-refractivity contribution < 1.29 is 5.11 Å². The zero-order chi connectivity index (χ0) is 12.4. The van der Waals surface area contributed by atoms with Crippen molar-refractivity contribution >= 4 is 13.3 Å². The molecule has 90 valence electrons. The van der Waals surface area contributed by atoms with Crippen LogP contribution in [0.3, 0.4) is 0 Å². The Kier molecular flexibility index (Phi) is 3.97. The second kappa shape index (κ2) is 4.72. The van der Waals surface area contributed by atoms with Crippen LogP contribution in [0.5, 0.6) is 0 Å². The van der Waals surface area contributed by atoms with Gasteiger partial charge in [0.1, 0.15) is 0 Å². The fourth-order valence-electron chi connectivity index (χ4n) is 2.16. The minimum Gasteiger partial charge on any atom is -0.390 e. The van der Waals surface area contributed by atoms with Crippen LogP contribution in [-0.2, 0) is 0 Å². The SMILES string of the molecule is C[C@@H](CC(C)(C)O)[Si](C)(C)c1ccccc1. The van der Waals surface area contributed by atoms with Crippen LogP contribution in [-0.4, -0.2) is 18.8 Å². The number of hydrogen-bond acceptors (Lipinski definition) is 1. The molecule has 0 heterocycles. The number of rotatable bonds is 4. The number of benzene rings is 1. The lowest BCUT2D eigenvalue weighted by Gasteiger charge is -2.34. The molecule has 0 unspecified atom stereocenters. The quantitative estimate of drug-likeness (QED) is 0.796. The van der Waals surface area contributed by atoms with Crippen LogP contribution in [0.25, 0.3) is 0 Å². The van der Waals surface area contributed by atoms with Gasteiger partial charge in [-0.3, -0.25) is 0 Å². The van der Waals surface area contributed by atoms with Gasteiger partial charge >= 0.3 is 0 Å². The van der Waals surface area contributed by atoms with E-state index < -0.39 is 13.7 Å². The third-order valence-electron chi connectivity index (χ3n) is 3.56. The molecule has 1 N–H and O–H groups in total. The second-order valence-corrected chi connectivity index (χ2v) is 11.0. The number of aliphatic hydroxyl groups is 1. The predicted molar refractivity (Wildman–Crippen MR) is 73.9 cm³/mol. The molecule has 1 aromatic rings. The fourth-order valence-corrected chi connectivity index (χ4v) is 4.79. The third-order valence-corrected chi connectivity index (χ3v) is 8.05. The summed E-state index contributed by atoms with van der Waals surface area (Å²) < 4.78 is 0. The van der Waals surface area contributed by atoms with Gasteiger partial charge in [0, 0.05) is 0 Å². The lowest BCUT2D eigenvalue weighted by molar-refractivity contribution is 0.0698. The van der Waals surface area contributed by atoms with Crippen LogP contribution >= 0.6 is 0 Å². The molecule has 0 aliphatic rings. The first-order valence-corrected chi connectivity index (χ1v) is 9.09. The minimum atomic E-state index is -1.45. The van der Waals surface area contributed by atoms with E-state index in [1.165, 1.54) is 5.19 Å². The molecule has 0 aliphatic carbocycles. The van der Waals surface area contributed by atoms with Crippen LogP contribution in [0.15, 0.2) is 30.3 Å². The fraction of sp³-hybridized carbons (Fsp3) is 0.571. The molecule has 0 radical (unpaired) electrons. The van der Waals surface area contributed by atoms with Crippen LogP contribution in [0.2, 0.25) is 18.6 Å². The molecule has 0 spiro atoms. The second-order valence-electron chi connectivity index (χ2n) is 6.01. The lowest BCUT2D eigenvalue weighted by atomic mass is 10.0. The molecule has 2 heteroatoms. The summed E-state index contributed by atoms with van der Waals surface area (Å²) in [7, 11) is -1.45. The van der Waals surface area contributed by atoms with Crippen molar-refractivity contribution in [3.63, 3.8) is 0 Å². The van der Waals surface area contributed by atoms with Gasteiger partial charge in [0.2, 0.25) is 0 Å². The molecule has 0 saturated heterocycles. The van der Waals surface area contributed by atoms with Gasteiger partial charge in [-0.15, -0.1) is 0 Å². The highest BCUT2D eigenvalue weighted by molar-refractivity contribution is 6.90. The third kappa shape index (κ3) is 3.46. The molecule has 1 rings (SSSR count). The number of hydrogen-bond donors (Lipinski definition) is 1. The Morgan fingerprint density at radius 3 is 2.12 bits per heavy atom. The van der Waals surface area contributed by atoms with E-state index in [1.807, 2.05) is 13.8 Å². The Bertz CT molecular complexity index is 324. The van der Waals surface area contributed by atoms with Crippen LogP contribution < -0.4 is 5.19 Å². The Labute approximate surface area is 101 Å². The Morgan fingerprint density at radius 2 is 1.69 bits per heavy atom. The van der Waals surface area contributed by atoms with E-state index in [2.05, 4.69) is 50.3 Å². The lowest BCUT2D eigenvalue weighted by Crippen LogP contribution is -2.46. The first-order chi connectivity index (χ1) is 7.23. The standard InChI is InChI=1S/C14H24OSi/c1-12(11-14(2,3)15)16(4,5)13-9-7-6-8-10-13/h6-10,12,15H,11H2,1-5H3/t12-/m0/s1. The van der Waals surface area contributed by atoms with Crippen molar-refractivity contribution in [1.29, 1.82) is 0 Å². The molecular weight excluding hydrogens is 212 g/mol. The molecule has 1 aromatic carbocycles. The molecule has 0 aromatic heterocycles. The van der Waals surface area contributed by atoms with Crippen molar-refractivity contribution in [2.75, 3.05) is 0 Å². The summed E-state index contributed by atoms with van der Waals surface area (Å²) in [6.07, 6.45) is 0.876. The average Bonchev–Trinajstić information content (AvgIpc) is 2.16. The van der Waals surface area contributed by atoms with E-state index >= 15 is 0 Å². The van der Waals surface area contributed by atoms with E-state index in [4.69, 9.17) is 0 Å². The molecule has 16 heavy (non-hydrogen) atoms. The van der Waals surface area contributed by atoms with Gasteiger partial charge in [-0.25, -0.2) is 0 Å². The van der Waals surface area contributed by atoms with Crippen LogP contribution in [0.4, 0.5) is 0 Å². The van der Waals surface area contributed by atoms with E-state index in [9.17, 15) is 5.11 Å². The summed E-state index contributed by atoms with van der Waals surface area (Å²) >= 11 is 0. The molecular formula is C14H24OSi. The predicted octanol–water partition coefficient (Wildman–Crippen LogP) is 3.15. The summed E-state index contributed by atoms with van der Waals surface area (Å²) in [5, 5.41) is 11.4. The van der Waals surface area contributed by atoms with E-state index in [0.29, 0.717) is 5.54 Å². The van der Waals surface area contributed by atoms with Gasteiger partial charge in [0.25, 0.3) is 0 Å². The van der Waals surface area contributed by atoms with Crippen molar-refractivity contribution in [3.8, 4) is 0 Å². The first kappa shape index (κ1) is 13.5. The smallest absolute Gasteiger partial charge is 0.0835 e. The average molecular weight is 236 g/mol. The molecule has 0 fully saturated rings. The topological polar surface area (TPSA) is 20.2 Å². The molecule has 0 aliphatic heterocycles. The molecule has 0 saturated carbocycles. The minimum absolute atomic E-state index is 0.557. The Balaban J connectivity index is 2.86. The summed E-state index contributed by atoms with van der Waals surface area (Å²) in [4.78, 5) is 0. The maximum absolute atomic E-state index is 9.92. The molecule has 0 amide bonds. The van der Waals surface area contributed by atoms with Crippen LogP contribution in [0, 0.1) is 0 Å². The zero-order valence-corrected chi connectivity index (χ0v) is 12.1. The zero-order valence-electron chi connectivity index (χ0n) is 11.1. The largest absolute Gasteiger partial charge is 0.390 e. The Morgan fingerprint density at radius 1 is 1.19 bits per heavy atom. The van der Waals surface area contributed by atoms with Gasteiger partial charge in [0.05, 0.1) is 13.7 Å². The van der Waals surface area contributed by atoms with Crippen molar-refractivity contribution in [2.24, 2.45) is 0 Å². The highest BCUT2D eigenvalue weighted by Gasteiger charge is 2.33. The van der Waals surface area contributed by atoms with E-state index in [0.717, 1.165) is 6.42 Å². The van der Waals surface area contributed by atoms with Crippen LogP contribution in [0.1, 0.15) is 27.2 Å². The van der Waals surface area contributed by atoms with Gasteiger partial charge < -0.3 is 5.11 Å². The van der Waals surface area contributed by atoms with Crippen molar-refractivity contribution in [1.82, 2.24) is 0 Å². The van der Waals surface area contributed by atoms with E-state index in [1.54, 1.807) is 0 Å². The molecule has 1 nitrogen and oxygen atoms in total. The summed E-state index contributed by atoms with van der Waals surface area (Å²) in [6.45, 7) is 10.9. The highest BCUT2D eigenvalue weighted by atomic mass is 28.3. The summed E-state index contributed by atoms with van der Waals surface area (Å²) in [5.41, 5.74) is 0.0215. The first-order valence-electron chi connectivity index (χ1n) is 6.01. The summed E-state index contributed by atoms with van der Waals surface area (Å²) in [5.74, 6) is 0. The van der Waals surface area contributed by atoms with E-state index in [-0.39, 0.29) is 0 Å². The maximum Gasteiger partial charge on any atom is 0.0835 e. The normalized spacial score (nSPS) is 14.9. The monoisotopic (exact) mass is 236 g/mol.